The van der Waals surface area contributed by atoms with Crippen molar-refractivity contribution in [3.63, 3.8) is 0 Å². The van der Waals surface area contributed by atoms with Crippen LogP contribution in [0.25, 0.3) is 11.0 Å². The highest BCUT2D eigenvalue weighted by atomic mass is 32.1. The fourth-order valence-corrected chi connectivity index (χ4v) is 2.25. The molecule has 0 saturated heterocycles. The van der Waals surface area contributed by atoms with E-state index >= 15 is 0 Å². The lowest BCUT2D eigenvalue weighted by molar-refractivity contribution is -0.143. The molecule has 0 saturated carbocycles. The minimum absolute atomic E-state index is 0.0577. The van der Waals surface area contributed by atoms with Crippen LogP contribution in [-0.2, 0) is 16.1 Å². The first-order chi connectivity index (χ1) is 9.60. The molecule has 0 radical (unpaired) electrons. The van der Waals surface area contributed by atoms with E-state index in [4.69, 9.17) is 26.4 Å². The first kappa shape index (κ1) is 14.4. The zero-order valence-corrected chi connectivity index (χ0v) is 12.4. The molecule has 1 N–H and O–H groups in total. The number of hydrogen-bond acceptors (Lipinski definition) is 5. The third kappa shape index (κ3) is 2.62. The highest BCUT2D eigenvalue weighted by molar-refractivity contribution is 7.71. The highest BCUT2D eigenvalue weighted by Gasteiger charge is 2.13. The summed E-state index contributed by atoms with van der Waals surface area (Å²) in [6.45, 7) is 2.16. The lowest BCUT2D eigenvalue weighted by Crippen LogP contribution is -2.13. The van der Waals surface area contributed by atoms with Gasteiger partial charge in [-0.25, -0.2) is 0 Å². The molecule has 2 aromatic rings. The van der Waals surface area contributed by atoms with Crippen LogP contribution in [0.5, 0.6) is 11.5 Å². The number of methoxy groups -OCH3 is 2. The molecular formula is C13H16N2O4S. The van der Waals surface area contributed by atoms with Crippen molar-refractivity contribution in [1.29, 1.82) is 0 Å². The van der Waals surface area contributed by atoms with Gasteiger partial charge >= 0.3 is 5.97 Å². The molecule has 0 aliphatic carbocycles. The summed E-state index contributed by atoms with van der Waals surface area (Å²) in [6, 6.07) is 3.56. The molecule has 1 heterocycles. The second-order valence-corrected chi connectivity index (χ2v) is 4.43. The zero-order valence-electron chi connectivity index (χ0n) is 11.6. The summed E-state index contributed by atoms with van der Waals surface area (Å²) in [7, 11) is 3.12. The quantitative estimate of drug-likeness (QED) is 0.677. The summed E-state index contributed by atoms with van der Waals surface area (Å²) in [5.74, 6) is 0.838. The van der Waals surface area contributed by atoms with Crippen molar-refractivity contribution in [2.75, 3.05) is 20.8 Å². The van der Waals surface area contributed by atoms with Crippen LogP contribution in [0.3, 0.4) is 0 Å². The van der Waals surface area contributed by atoms with E-state index in [9.17, 15) is 4.79 Å². The van der Waals surface area contributed by atoms with E-state index in [-0.39, 0.29) is 12.5 Å². The van der Waals surface area contributed by atoms with Crippen molar-refractivity contribution in [2.45, 2.75) is 13.5 Å². The van der Waals surface area contributed by atoms with Gasteiger partial charge in [0.15, 0.2) is 16.3 Å². The topological polar surface area (TPSA) is 65.5 Å². The fourth-order valence-electron chi connectivity index (χ4n) is 1.98. The van der Waals surface area contributed by atoms with Crippen LogP contribution < -0.4 is 9.47 Å². The molecule has 0 aliphatic heterocycles. The van der Waals surface area contributed by atoms with Crippen molar-refractivity contribution in [1.82, 2.24) is 9.55 Å². The van der Waals surface area contributed by atoms with Gasteiger partial charge in [-0.2, -0.15) is 0 Å². The van der Waals surface area contributed by atoms with E-state index < -0.39 is 0 Å². The summed E-state index contributed by atoms with van der Waals surface area (Å²) < 4.78 is 17.6. The number of benzene rings is 1. The van der Waals surface area contributed by atoms with Crippen LogP contribution in [0, 0.1) is 4.77 Å². The third-order valence-electron chi connectivity index (χ3n) is 2.87. The Hall–Kier alpha value is -2.02. The summed E-state index contributed by atoms with van der Waals surface area (Å²) in [5, 5.41) is 0. The van der Waals surface area contributed by atoms with E-state index in [0.717, 1.165) is 11.0 Å². The maximum atomic E-state index is 11.6. The predicted octanol–water partition coefficient (Wildman–Crippen LogP) is 2.28. The molecule has 6 nitrogen and oxygen atoms in total. The number of rotatable bonds is 5. The average Bonchev–Trinajstić information content (AvgIpc) is 2.73. The predicted molar refractivity (Wildman–Crippen MR) is 76.9 cm³/mol. The number of aromatic nitrogens is 2. The number of ether oxygens (including phenoxy) is 3. The maximum absolute atomic E-state index is 11.6. The molecule has 1 aromatic carbocycles. The number of H-pyrrole nitrogens is 1. The van der Waals surface area contributed by atoms with Gasteiger partial charge in [0.2, 0.25) is 0 Å². The van der Waals surface area contributed by atoms with Crippen LogP contribution in [0.2, 0.25) is 0 Å². The second-order valence-electron chi connectivity index (χ2n) is 4.05. The van der Waals surface area contributed by atoms with Crippen LogP contribution in [0.1, 0.15) is 6.92 Å². The number of nitrogens with one attached hydrogen (secondary N) is 1. The Morgan fingerprint density at radius 3 is 2.55 bits per heavy atom. The summed E-state index contributed by atoms with van der Waals surface area (Å²) in [6.07, 6.45) is 0. The van der Waals surface area contributed by atoms with Gasteiger partial charge in [-0.15, -0.1) is 0 Å². The average molecular weight is 296 g/mol. The van der Waals surface area contributed by atoms with Gasteiger partial charge in [0.05, 0.1) is 31.9 Å². The van der Waals surface area contributed by atoms with Gasteiger partial charge < -0.3 is 23.8 Å². The van der Waals surface area contributed by atoms with E-state index in [1.165, 1.54) is 0 Å². The molecule has 0 fully saturated rings. The molecule has 0 atom stereocenters. The molecule has 0 bridgehead atoms. The Balaban J connectivity index is 2.52. The smallest absolute Gasteiger partial charge is 0.326 e. The van der Waals surface area contributed by atoms with Crippen LogP contribution in [-0.4, -0.2) is 36.3 Å². The lowest BCUT2D eigenvalue weighted by atomic mass is 10.2. The number of aromatic amines is 1. The van der Waals surface area contributed by atoms with Gasteiger partial charge in [0.1, 0.15) is 6.54 Å². The van der Waals surface area contributed by atoms with E-state index in [1.54, 1.807) is 37.8 Å². The van der Waals surface area contributed by atoms with Crippen molar-refractivity contribution in [2.24, 2.45) is 0 Å². The van der Waals surface area contributed by atoms with Crippen molar-refractivity contribution >= 4 is 29.2 Å². The first-order valence-corrected chi connectivity index (χ1v) is 6.51. The van der Waals surface area contributed by atoms with Crippen molar-refractivity contribution in [3.8, 4) is 11.5 Å². The number of imidazole rings is 1. The molecule has 0 aliphatic rings. The van der Waals surface area contributed by atoms with Crippen LogP contribution in [0.15, 0.2) is 12.1 Å². The molecule has 0 amide bonds. The van der Waals surface area contributed by atoms with Gasteiger partial charge in [-0.05, 0) is 19.1 Å². The largest absolute Gasteiger partial charge is 0.493 e. The number of fused-ring (bicyclic) bond motifs is 1. The molecule has 2 rings (SSSR count). The third-order valence-corrected chi connectivity index (χ3v) is 3.19. The normalized spacial score (nSPS) is 10.6. The Labute approximate surface area is 121 Å². The van der Waals surface area contributed by atoms with Crippen molar-refractivity contribution < 1.29 is 19.0 Å². The SMILES string of the molecule is CCOC(=O)Cn1c(=S)[nH]c2cc(OC)c(OC)cc21. The van der Waals surface area contributed by atoms with Gasteiger partial charge in [0.25, 0.3) is 0 Å². The van der Waals surface area contributed by atoms with E-state index in [1.807, 2.05) is 0 Å². The number of esters is 1. The van der Waals surface area contributed by atoms with Gasteiger partial charge in [-0.1, -0.05) is 0 Å². The Morgan fingerprint density at radius 2 is 1.95 bits per heavy atom. The zero-order chi connectivity index (χ0) is 14.7. The first-order valence-electron chi connectivity index (χ1n) is 6.10. The number of carbonyl (C=O) groups is 1. The minimum Gasteiger partial charge on any atom is -0.493 e. The Morgan fingerprint density at radius 1 is 1.30 bits per heavy atom. The summed E-state index contributed by atoms with van der Waals surface area (Å²) >= 11 is 5.23. The molecule has 7 heteroatoms. The van der Waals surface area contributed by atoms with E-state index in [0.29, 0.717) is 22.9 Å². The number of nitrogens with zero attached hydrogens (tertiary/aromatic N) is 1. The molecule has 20 heavy (non-hydrogen) atoms. The standard InChI is InChI=1S/C13H16N2O4S/c1-4-19-12(16)7-15-9-6-11(18-3)10(17-2)5-8(9)14-13(15)20/h5-6H,4,7H2,1-3H3,(H,14,20). The summed E-state index contributed by atoms with van der Waals surface area (Å²) in [4.78, 5) is 14.7. The second kappa shape index (κ2) is 5.96. The Bertz CT molecular complexity index is 689. The molecule has 108 valence electrons. The Kier molecular flexibility index (Phi) is 4.29. The fraction of sp³-hybridized carbons (Fsp3) is 0.385. The van der Waals surface area contributed by atoms with Crippen LogP contribution in [0.4, 0.5) is 0 Å². The maximum Gasteiger partial charge on any atom is 0.326 e. The van der Waals surface area contributed by atoms with Gasteiger partial charge in [0, 0.05) is 12.1 Å². The summed E-state index contributed by atoms with van der Waals surface area (Å²) in [5.41, 5.74) is 1.54. The van der Waals surface area contributed by atoms with Crippen LogP contribution >= 0.6 is 12.2 Å². The minimum atomic E-state index is -0.334. The number of carbonyl (C=O) groups excluding carboxylic acids is 1. The van der Waals surface area contributed by atoms with E-state index in [2.05, 4.69) is 4.98 Å². The molecule has 1 aromatic heterocycles. The van der Waals surface area contributed by atoms with Crippen molar-refractivity contribution in [3.05, 3.63) is 16.9 Å². The monoisotopic (exact) mass is 296 g/mol. The lowest BCUT2D eigenvalue weighted by Gasteiger charge is -2.09. The molecular weight excluding hydrogens is 280 g/mol. The number of hydrogen-bond donors (Lipinski definition) is 1. The molecule has 0 unspecified atom stereocenters. The highest BCUT2D eigenvalue weighted by Crippen LogP contribution is 2.31. The van der Waals surface area contributed by atoms with Gasteiger partial charge in [-0.3, -0.25) is 4.79 Å². The molecule has 0 spiro atoms.